The van der Waals surface area contributed by atoms with E-state index in [1.165, 1.54) is 6.42 Å². The van der Waals surface area contributed by atoms with E-state index >= 15 is 0 Å². The number of guanidine groups is 1. The number of halogens is 2. The number of benzene rings is 1. The number of hydrogen-bond donors (Lipinski definition) is 2. The molecule has 1 heterocycles. The molecule has 3 rings (SSSR count). The highest BCUT2D eigenvalue weighted by molar-refractivity contribution is 14.0. The Balaban J connectivity index is 0.00000300. The predicted molar refractivity (Wildman–Crippen MR) is 130 cm³/mol. The van der Waals surface area contributed by atoms with Crippen molar-refractivity contribution in [1.82, 2.24) is 20.4 Å². The molecule has 0 atom stereocenters. The Morgan fingerprint density at radius 2 is 1.97 bits per heavy atom. The van der Waals surface area contributed by atoms with Crippen LogP contribution in [0.3, 0.4) is 0 Å². The Morgan fingerprint density at radius 3 is 2.59 bits per heavy atom. The molecule has 1 aromatic rings. The quantitative estimate of drug-likeness (QED) is 0.321. The van der Waals surface area contributed by atoms with Gasteiger partial charge in [0.1, 0.15) is 0 Å². The molecule has 2 fully saturated rings. The number of hydrogen-bond acceptors (Lipinski definition) is 3. The van der Waals surface area contributed by atoms with Crippen LogP contribution in [0.25, 0.3) is 0 Å². The average molecular weight is 534 g/mol. The van der Waals surface area contributed by atoms with Gasteiger partial charge >= 0.3 is 0 Å². The molecular weight excluding hydrogens is 501 g/mol. The maximum atomic E-state index is 12.3. The zero-order valence-electron chi connectivity index (χ0n) is 17.2. The highest BCUT2D eigenvalue weighted by atomic mass is 127. The zero-order chi connectivity index (χ0) is 19.8. The summed E-state index contributed by atoms with van der Waals surface area (Å²) in [6.45, 7) is 8.89. The van der Waals surface area contributed by atoms with Crippen molar-refractivity contribution in [3.63, 3.8) is 0 Å². The maximum Gasteiger partial charge on any atom is 0.225 e. The van der Waals surface area contributed by atoms with Crippen molar-refractivity contribution in [2.45, 2.75) is 32.7 Å². The molecule has 1 aliphatic carbocycles. The number of nitrogens with one attached hydrogen (secondary N) is 2. The van der Waals surface area contributed by atoms with Gasteiger partial charge in [0.15, 0.2) is 5.96 Å². The molecule has 29 heavy (non-hydrogen) atoms. The number of amides is 1. The third kappa shape index (κ3) is 7.61. The first-order valence-corrected chi connectivity index (χ1v) is 10.8. The van der Waals surface area contributed by atoms with Crippen molar-refractivity contribution in [3.8, 4) is 0 Å². The van der Waals surface area contributed by atoms with Gasteiger partial charge < -0.3 is 15.5 Å². The normalized spacial score (nSPS) is 18.0. The second-order valence-corrected chi connectivity index (χ2v) is 7.98. The van der Waals surface area contributed by atoms with Crippen molar-refractivity contribution in [2.75, 3.05) is 45.8 Å². The van der Waals surface area contributed by atoms with E-state index < -0.39 is 0 Å². The Morgan fingerprint density at radius 1 is 1.21 bits per heavy atom. The first-order valence-electron chi connectivity index (χ1n) is 10.4. The van der Waals surface area contributed by atoms with Crippen LogP contribution >= 0.6 is 35.6 Å². The minimum atomic E-state index is 0. The maximum absolute atomic E-state index is 12.3. The molecule has 1 aliphatic heterocycles. The summed E-state index contributed by atoms with van der Waals surface area (Å²) in [6, 6.07) is 7.79. The molecule has 2 N–H and O–H groups in total. The van der Waals surface area contributed by atoms with Gasteiger partial charge in [-0.15, -0.1) is 24.0 Å². The summed E-state index contributed by atoms with van der Waals surface area (Å²) < 4.78 is 0. The second-order valence-electron chi connectivity index (χ2n) is 7.55. The largest absolute Gasteiger partial charge is 0.357 e. The van der Waals surface area contributed by atoms with E-state index in [2.05, 4.69) is 32.3 Å². The minimum absolute atomic E-state index is 0. The van der Waals surface area contributed by atoms with Gasteiger partial charge in [-0.2, -0.15) is 0 Å². The molecule has 2 aliphatic rings. The van der Waals surface area contributed by atoms with Crippen molar-refractivity contribution >= 4 is 47.4 Å². The van der Waals surface area contributed by atoms with Crippen LogP contribution in [-0.2, 0) is 11.3 Å². The second kappa shape index (κ2) is 12.6. The van der Waals surface area contributed by atoms with E-state index in [4.69, 9.17) is 11.6 Å². The van der Waals surface area contributed by atoms with Crippen LogP contribution in [0.1, 0.15) is 31.7 Å². The number of rotatable bonds is 7. The fourth-order valence-corrected chi connectivity index (χ4v) is 3.80. The molecule has 8 heteroatoms. The molecule has 1 saturated carbocycles. The van der Waals surface area contributed by atoms with Gasteiger partial charge in [-0.25, -0.2) is 4.99 Å². The molecule has 0 bridgehead atoms. The van der Waals surface area contributed by atoms with Crippen LogP contribution in [-0.4, -0.2) is 67.5 Å². The smallest absolute Gasteiger partial charge is 0.225 e. The van der Waals surface area contributed by atoms with Crippen molar-refractivity contribution in [3.05, 3.63) is 34.9 Å². The highest BCUT2D eigenvalue weighted by Crippen LogP contribution is 2.28. The lowest BCUT2D eigenvalue weighted by Gasteiger charge is -2.38. The Labute approximate surface area is 196 Å². The van der Waals surface area contributed by atoms with E-state index in [1.807, 2.05) is 24.3 Å². The number of carbonyl (C=O) groups is 1. The van der Waals surface area contributed by atoms with Gasteiger partial charge in [0.2, 0.25) is 5.91 Å². The van der Waals surface area contributed by atoms with Crippen LogP contribution in [0.4, 0.5) is 0 Å². The van der Waals surface area contributed by atoms with Crippen LogP contribution < -0.4 is 10.6 Å². The molecule has 0 unspecified atom stereocenters. The summed E-state index contributed by atoms with van der Waals surface area (Å²) in [7, 11) is 0. The summed E-state index contributed by atoms with van der Waals surface area (Å²) in [4.78, 5) is 21.5. The van der Waals surface area contributed by atoms with Gasteiger partial charge in [0.05, 0.1) is 6.54 Å². The molecular formula is C21H33ClIN5O. The lowest BCUT2D eigenvalue weighted by Crippen LogP contribution is -2.52. The lowest BCUT2D eigenvalue weighted by molar-refractivity contribution is -0.139. The van der Waals surface area contributed by atoms with Crippen molar-refractivity contribution < 1.29 is 4.79 Å². The van der Waals surface area contributed by atoms with Gasteiger partial charge in [-0.3, -0.25) is 9.69 Å². The van der Waals surface area contributed by atoms with E-state index in [1.54, 1.807) is 0 Å². The number of piperazine rings is 1. The fourth-order valence-electron chi connectivity index (χ4n) is 3.59. The highest BCUT2D eigenvalue weighted by Gasteiger charge is 2.30. The topological polar surface area (TPSA) is 60.0 Å². The molecule has 1 aromatic carbocycles. The molecule has 6 nitrogen and oxygen atoms in total. The summed E-state index contributed by atoms with van der Waals surface area (Å²) in [5.74, 6) is 1.51. The third-order valence-corrected chi connectivity index (χ3v) is 5.75. The Hall–Kier alpha value is -1.06. The van der Waals surface area contributed by atoms with Crippen molar-refractivity contribution in [1.29, 1.82) is 0 Å². The zero-order valence-corrected chi connectivity index (χ0v) is 20.3. The van der Waals surface area contributed by atoms with Crippen LogP contribution in [0.5, 0.6) is 0 Å². The minimum Gasteiger partial charge on any atom is -0.357 e. The Kier molecular flexibility index (Phi) is 10.5. The summed E-state index contributed by atoms with van der Waals surface area (Å²) >= 11 is 6.04. The molecule has 1 amide bonds. The monoisotopic (exact) mass is 533 g/mol. The van der Waals surface area contributed by atoms with Crippen LogP contribution in [0.15, 0.2) is 29.3 Å². The van der Waals surface area contributed by atoms with Gasteiger partial charge in [0.25, 0.3) is 0 Å². The molecule has 1 saturated heterocycles. The molecule has 0 aromatic heterocycles. The van der Waals surface area contributed by atoms with Crippen molar-refractivity contribution in [2.24, 2.45) is 10.9 Å². The van der Waals surface area contributed by atoms with E-state index in [0.29, 0.717) is 18.4 Å². The third-order valence-electron chi connectivity index (χ3n) is 5.51. The fraction of sp³-hybridized carbons (Fsp3) is 0.619. The summed E-state index contributed by atoms with van der Waals surface area (Å²) in [5.41, 5.74) is 1.09. The van der Waals surface area contributed by atoms with Gasteiger partial charge in [0, 0.05) is 56.8 Å². The number of carbonyl (C=O) groups excluding carboxylic acids is 1. The van der Waals surface area contributed by atoms with Crippen LogP contribution in [0, 0.1) is 5.92 Å². The number of nitrogens with zero attached hydrogens (tertiary/aromatic N) is 3. The summed E-state index contributed by atoms with van der Waals surface area (Å²) in [5, 5.41) is 7.43. The van der Waals surface area contributed by atoms with Gasteiger partial charge in [-0.1, -0.05) is 30.2 Å². The van der Waals surface area contributed by atoms with Gasteiger partial charge in [-0.05, 0) is 37.5 Å². The number of aliphatic imine (C=N–C) groups is 1. The first kappa shape index (κ1) is 24.2. The standard InChI is InChI=1S/C21H32ClN5O.HI/c1-2-23-21(25-16-17-5-3-8-19(22)15-17)24-9-10-26-11-13-27(14-12-26)20(28)18-6-4-7-18;/h3,5,8,15,18H,2,4,6-7,9-14,16H2,1H3,(H2,23,24,25);1H. The molecule has 162 valence electrons. The average Bonchev–Trinajstić information content (AvgIpc) is 2.65. The first-order chi connectivity index (χ1) is 13.7. The predicted octanol–water partition coefficient (Wildman–Crippen LogP) is 2.96. The molecule has 0 radical (unpaired) electrons. The van der Waals surface area contributed by atoms with E-state index in [0.717, 1.165) is 75.2 Å². The summed E-state index contributed by atoms with van der Waals surface area (Å²) in [6.07, 6.45) is 3.39. The SMILES string of the molecule is CCNC(=NCc1cccc(Cl)c1)NCCN1CCN(C(=O)C2CCC2)CC1.I. The Bertz CT molecular complexity index is 675. The van der Waals surface area contributed by atoms with E-state index in [9.17, 15) is 4.79 Å². The lowest BCUT2D eigenvalue weighted by atomic mass is 9.84. The van der Waals surface area contributed by atoms with E-state index in [-0.39, 0.29) is 24.0 Å². The molecule has 0 spiro atoms. The van der Waals surface area contributed by atoms with Crippen LogP contribution in [0.2, 0.25) is 5.02 Å².